The molecule has 0 saturated carbocycles. The molecule has 0 spiro atoms. The molecule has 2 nitrogen and oxygen atoms in total. The first kappa shape index (κ1) is 11.4. The van der Waals surface area contributed by atoms with Crippen LogP contribution in [0.4, 0.5) is 0 Å². The van der Waals surface area contributed by atoms with Gasteiger partial charge in [-0.05, 0) is 43.0 Å². The van der Waals surface area contributed by atoms with Crippen molar-refractivity contribution in [2.45, 2.75) is 38.1 Å². The van der Waals surface area contributed by atoms with Crippen LogP contribution < -0.4 is 10.1 Å². The highest BCUT2D eigenvalue weighted by molar-refractivity contribution is 6.32. The molecule has 1 aromatic carbocycles. The Bertz CT molecular complexity index is 413. The van der Waals surface area contributed by atoms with E-state index in [4.69, 9.17) is 16.3 Å². The van der Waals surface area contributed by atoms with Crippen molar-refractivity contribution >= 4 is 11.6 Å². The summed E-state index contributed by atoms with van der Waals surface area (Å²) in [5.41, 5.74) is 2.63. The van der Waals surface area contributed by atoms with Gasteiger partial charge in [0.1, 0.15) is 5.75 Å². The first-order chi connectivity index (χ1) is 8.33. The Balaban J connectivity index is 1.76. The molecular formula is C14H18ClNO. The zero-order valence-electron chi connectivity index (χ0n) is 9.97. The standard InChI is InChI=1S/C14H18ClNO/c15-13-9-10(7-11-4-6-17-14(11)13)8-12-3-1-2-5-16-12/h7,9,12,16H,1-6,8H2. The lowest BCUT2D eigenvalue weighted by Gasteiger charge is -2.23. The van der Waals surface area contributed by atoms with Gasteiger partial charge in [-0.15, -0.1) is 0 Å². The van der Waals surface area contributed by atoms with Gasteiger partial charge in [0.15, 0.2) is 0 Å². The first-order valence-corrected chi connectivity index (χ1v) is 6.88. The van der Waals surface area contributed by atoms with Crippen molar-refractivity contribution in [1.29, 1.82) is 0 Å². The fraction of sp³-hybridized carbons (Fsp3) is 0.571. The zero-order chi connectivity index (χ0) is 11.7. The summed E-state index contributed by atoms with van der Waals surface area (Å²) >= 11 is 6.25. The Morgan fingerprint density at radius 1 is 1.35 bits per heavy atom. The highest BCUT2D eigenvalue weighted by Crippen LogP contribution is 2.35. The molecule has 0 radical (unpaired) electrons. The minimum absolute atomic E-state index is 0.625. The number of fused-ring (bicyclic) bond motifs is 1. The van der Waals surface area contributed by atoms with Crippen LogP contribution in [0, 0.1) is 0 Å². The quantitative estimate of drug-likeness (QED) is 0.873. The minimum atomic E-state index is 0.625. The highest BCUT2D eigenvalue weighted by Gasteiger charge is 2.19. The molecule has 3 heteroatoms. The third-order valence-electron chi connectivity index (χ3n) is 3.69. The lowest BCUT2D eigenvalue weighted by Crippen LogP contribution is -2.35. The number of piperidine rings is 1. The van der Waals surface area contributed by atoms with Gasteiger partial charge in [-0.25, -0.2) is 0 Å². The highest BCUT2D eigenvalue weighted by atomic mass is 35.5. The van der Waals surface area contributed by atoms with Crippen LogP contribution in [-0.4, -0.2) is 19.2 Å². The van der Waals surface area contributed by atoms with E-state index in [2.05, 4.69) is 17.4 Å². The van der Waals surface area contributed by atoms with E-state index in [1.165, 1.54) is 30.4 Å². The van der Waals surface area contributed by atoms with E-state index in [1.54, 1.807) is 0 Å². The Kier molecular flexibility index (Phi) is 3.26. The predicted molar refractivity (Wildman–Crippen MR) is 70.0 cm³/mol. The topological polar surface area (TPSA) is 21.3 Å². The van der Waals surface area contributed by atoms with Gasteiger partial charge in [0.05, 0.1) is 11.6 Å². The molecule has 92 valence electrons. The smallest absolute Gasteiger partial charge is 0.141 e. The number of halogens is 1. The van der Waals surface area contributed by atoms with Gasteiger partial charge in [-0.2, -0.15) is 0 Å². The summed E-state index contributed by atoms with van der Waals surface area (Å²) in [5, 5.41) is 4.36. The molecule has 2 aliphatic rings. The Morgan fingerprint density at radius 3 is 3.12 bits per heavy atom. The maximum Gasteiger partial charge on any atom is 0.141 e. The molecule has 0 amide bonds. The van der Waals surface area contributed by atoms with E-state index in [9.17, 15) is 0 Å². The van der Waals surface area contributed by atoms with Crippen LogP contribution >= 0.6 is 11.6 Å². The molecule has 1 fully saturated rings. The lowest BCUT2D eigenvalue weighted by atomic mass is 9.96. The average molecular weight is 252 g/mol. The summed E-state index contributed by atoms with van der Waals surface area (Å²) < 4.78 is 5.53. The number of ether oxygens (including phenoxy) is 1. The second kappa shape index (κ2) is 4.87. The largest absolute Gasteiger partial charge is 0.491 e. The molecule has 1 aromatic rings. The number of benzene rings is 1. The lowest BCUT2D eigenvalue weighted by molar-refractivity contribution is 0.357. The van der Waals surface area contributed by atoms with Gasteiger partial charge in [-0.3, -0.25) is 0 Å². The molecule has 1 atom stereocenters. The molecule has 1 saturated heterocycles. The van der Waals surface area contributed by atoms with Gasteiger partial charge >= 0.3 is 0 Å². The maximum atomic E-state index is 6.25. The van der Waals surface area contributed by atoms with Crippen LogP contribution in [0.1, 0.15) is 30.4 Å². The molecule has 2 aliphatic heterocycles. The number of hydrogen-bond donors (Lipinski definition) is 1. The average Bonchev–Trinajstić information content (AvgIpc) is 2.79. The molecule has 17 heavy (non-hydrogen) atoms. The van der Waals surface area contributed by atoms with Gasteiger partial charge in [0.25, 0.3) is 0 Å². The fourth-order valence-corrected chi connectivity index (χ4v) is 3.14. The van der Waals surface area contributed by atoms with Crippen molar-refractivity contribution < 1.29 is 4.74 Å². The molecule has 3 rings (SSSR count). The second-order valence-corrected chi connectivity index (χ2v) is 5.42. The van der Waals surface area contributed by atoms with Crippen molar-refractivity contribution in [2.24, 2.45) is 0 Å². The molecular weight excluding hydrogens is 234 g/mol. The van der Waals surface area contributed by atoms with E-state index in [1.807, 2.05) is 0 Å². The summed E-state index contributed by atoms with van der Waals surface area (Å²) in [4.78, 5) is 0. The normalized spacial score (nSPS) is 23.2. The molecule has 1 N–H and O–H groups in total. The molecule has 0 bridgehead atoms. The van der Waals surface area contributed by atoms with Gasteiger partial charge in [0.2, 0.25) is 0 Å². The van der Waals surface area contributed by atoms with Crippen molar-refractivity contribution in [3.63, 3.8) is 0 Å². The predicted octanol–water partition coefficient (Wildman–Crippen LogP) is 2.96. The Morgan fingerprint density at radius 2 is 2.29 bits per heavy atom. The molecule has 0 aromatic heterocycles. The van der Waals surface area contributed by atoms with Crippen molar-refractivity contribution in [2.75, 3.05) is 13.2 Å². The van der Waals surface area contributed by atoms with Crippen molar-refractivity contribution in [3.05, 3.63) is 28.3 Å². The molecule has 1 unspecified atom stereocenters. The monoisotopic (exact) mass is 251 g/mol. The van der Waals surface area contributed by atoms with Gasteiger partial charge in [0, 0.05) is 12.5 Å². The summed E-state index contributed by atoms with van der Waals surface area (Å²) in [5.74, 6) is 0.909. The van der Waals surface area contributed by atoms with E-state index in [0.29, 0.717) is 6.04 Å². The summed E-state index contributed by atoms with van der Waals surface area (Å²) in [6, 6.07) is 4.96. The van der Waals surface area contributed by atoms with E-state index < -0.39 is 0 Å². The number of rotatable bonds is 2. The van der Waals surface area contributed by atoms with E-state index in [0.717, 1.165) is 36.8 Å². The number of nitrogens with one attached hydrogen (secondary N) is 1. The zero-order valence-corrected chi connectivity index (χ0v) is 10.7. The van der Waals surface area contributed by atoms with Crippen LogP contribution in [0.5, 0.6) is 5.75 Å². The SMILES string of the molecule is Clc1cc(CC2CCCCN2)cc2c1OCC2. The third kappa shape index (κ3) is 2.43. The van der Waals surface area contributed by atoms with Crippen molar-refractivity contribution in [1.82, 2.24) is 5.32 Å². The van der Waals surface area contributed by atoms with Gasteiger partial charge < -0.3 is 10.1 Å². The van der Waals surface area contributed by atoms with Gasteiger partial charge in [-0.1, -0.05) is 24.1 Å². The van der Waals surface area contributed by atoms with E-state index in [-0.39, 0.29) is 0 Å². The minimum Gasteiger partial charge on any atom is -0.491 e. The summed E-state index contributed by atoms with van der Waals surface area (Å²) in [7, 11) is 0. The number of hydrogen-bond acceptors (Lipinski definition) is 2. The molecule has 2 heterocycles. The third-order valence-corrected chi connectivity index (χ3v) is 3.97. The van der Waals surface area contributed by atoms with Crippen LogP contribution in [0.2, 0.25) is 5.02 Å². The Labute approximate surface area is 107 Å². The van der Waals surface area contributed by atoms with E-state index >= 15 is 0 Å². The maximum absolute atomic E-state index is 6.25. The fourth-order valence-electron chi connectivity index (χ4n) is 2.82. The second-order valence-electron chi connectivity index (χ2n) is 5.02. The van der Waals surface area contributed by atoms with Crippen LogP contribution in [0.15, 0.2) is 12.1 Å². The van der Waals surface area contributed by atoms with Crippen LogP contribution in [0.25, 0.3) is 0 Å². The van der Waals surface area contributed by atoms with Crippen LogP contribution in [-0.2, 0) is 12.8 Å². The Hall–Kier alpha value is -0.730. The summed E-state index contributed by atoms with van der Waals surface area (Å²) in [6.45, 7) is 1.94. The molecule has 0 aliphatic carbocycles. The van der Waals surface area contributed by atoms with Crippen molar-refractivity contribution in [3.8, 4) is 5.75 Å². The summed E-state index contributed by atoms with van der Waals surface area (Å²) in [6.07, 6.45) is 6.04. The first-order valence-electron chi connectivity index (χ1n) is 6.50. The van der Waals surface area contributed by atoms with Crippen LogP contribution in [0.3, 0.4) is 0 Å².